The number of carbonyl (C=O) groups excluding carboxylic acids is 3. The minimum atomic E-state index is -0.804. The number of nitrogens with zero attached hydrogens (tertiary/aromatic N) is 3. The number of ether oxygens (including phenoxy) is 2. The van der Waals surface area contributed by atoms with E-state index < -0.39 is 17.4 Å². The lowest BCUT2D eigenvalue weighted by Crippen LogP contribution is -2.44. The van der Waals surface area contributed by atoms with Gasteiger partial charge < -0.3 is 36.1 Å². The molecule has 0 saturated carbocycles. The van der Waals surface area contributed by atoms with Gasteiger partial charge in [-0.2, -0.15) is 0 Å². The van der Waals surface area contributed by atoms with E-state index in [4.69, 9.17) is 20.9 Å². The lowest BCUT2D eigenvalue weighted by atomic mass is 9.97. The molecule has 2 aromatic carbocycles. The van der Waals surface area contributed by atoms with Gasteiger partial charge in [0.05, 0.1) is 12.8 Å². The summed E-state index contributed by atoms with van der Waals surface area (Å²) in [6, 6.07) is 14.2. The van der Waals surface area contributed by atoms with Crippen LogP contribution in [0.2, 0.25) is 0 Å². The minimum Gasteiger partial charge on any atom is -0.497 e. The first-order chi connectivity index (χ1) is 18.4. The molecule has 39 heavy (non-hydrogen) atoms. The van der Waals surface area contributed by atoms with Crippen LogP contribution in [0.1, 0.15) is 27.2 Å². The number of methoxy groups -OCH3 is 1. The van der Waals surface area contributed by atoms with Crippen LogP contribution in [0.25, 0.3) is 0 Å². The molecule has 3 amide bonds. The summed E-state index contributed by atoms with van der Waals surface area (Å²) in [5.41, 5.74) is 13.0. The highest BCUT2D eigenvalue weighted by molar-refractivity contribution is 6.51. The van der Waals surface area contributed by atoms with Gasteiger partial charge in [-0.3, -0.25) is 9.59 Å². The van der Waals surface area contributed by atoms with Crippen molar-refractivity contribution in [3.8, 4) is 5.75 Å². The van der Waals surface area contributed by atoms with Crippen LogP contribution in [0, 0.1) is 0 Å². The zero-order valence-electron chi connectivity index (χ0n) is 23.0. The highest BCUT2D eigenvalue weighted by Gasteiger charge is 2.32. The Bertz CT molecular complexity index is 1260. The summed E-state index contributed by atoms with van der Waals surface area (Å²) in [7, 11) is 3.24. The second-order valence-electron chi connectivity index (χ2n) is 10.00. The van der Waals surface area contributed by atoms with Crippen molar-refractivity contribution in [1.82, 2.24) is 4.90 Å². The molecule has 1 fully saturated rings. The number of anilines is 2. The molecule has 0 bridgehead atoms. The minimum absolute atomic E-state index is 0.0649. The quantitative estimate of drug-likeness (QED) is 0.438. The maximum atomic E-state index is 13.5. The predicted octanol–water partition coefficient (Wildman–Crippen LogP) is 3.18. The molecular formula is C28H36N6O5. The largest absolute Gasteiger partial charge is 0.497 e. The summed E-state index contributed by atoms with van der Waals surface area (Å²) >= 11 is 0. The van der Waals surface area contributed by atoms with Crippen LogP contribution < -0.4 is 26.4 Å². The first-order valence-corrected chi connectivity index (χ1v) is 12.5. The number of nitrogens with one attached hydrogen (secondary N) is 1. The number of primary amides is 1. The Hall–Kier alpha value is -4.54. The lowest BCUT2D eigenvalue weighted by Gasteiger charge is -2.30. The van der Waals surface area contributed by atoms with E-state index in [9.17, 15) is 14.4 Å². The van der Waals surface area contributed by atoms with Crippen molar-refractivity contribution in [3.63, 3.8) is 0 Å². The molecule has 0 atom stereocenters. The lowest BCUT2D eigenvalue weighted by molar-refractivity contribution is -0.114. The molecule has 5 N–H and O–H groups in total. The highest BCUT2D eigenvalue weighted by atomic mass is 16.6. The van der Waals surface area contributed by atoms with Gasteiger partial charge in [-0.1, -0.05) is 0 Å². The van der Waals surface area contributed by atoms with Crippen molar-refractivity contribution < 1.29 is 23.9 Å². The van der Waals surface area contributed by atoms with Crippen LogP contribution in [-0.2, 0) is 14.3 Å². The van der Waals surface area contributed by atoms with Crippen molar-refractivity contribution in [1.29, 1.82) is 0 Å². The Balaban J connectivity index is 1.73. The van der Waals surface area contributed by atoms with E-state index in [0.717, 1.165) is 5.69 Å². The second kappa shape index (κ2) is 12.3. The average molecular weight is 537 g/mol. The number of carbonyl (C=O) groups is 3. The molecule has 1 saturated heterocycles. The standard InChI is InChI=1S/C28H36N6O5/c1-28(2,3)39-27(37)33(4)17-15-31-18-6-10-20(11-7-18)34-16-14-22(23(29)25(30)35)24(26(34)36)32-19-8-12-21(38-5)13-9-19/h6-13,31H,14-17,29H2,1-5H3,(H2,30,35). The SMILES string of the molecule is COc1ccc(N=C2C(=O)N(c3ccc(NCCN(C)C(=O)OC(C)(C)C)cc3)CCC2=C(N)C(N)=O)cc1. The average Bonchev–Trinajstić information content (AvgIpc) is 2.89. The van der Waals surface area contributed by atoms with Crippen molar-refractivity contribution in [2.75, 3.05) is 44.0 Å². The molecule has 0 radical (unpaired) electrons. The molecule has 3 rings (SSSR count). The summed E-state index contributed by atoms with van der Waals surface area (Å²) in [6.45, 7) is 6.73. The topological polar surface area (TPSA) is 153 Å². The van der Waals surface area contributed by atoms with Gasteiger partial charge in [-0.25, -0.2) is 9.79 Å². The first kappa shape index (κ1) is 29.0. The van der Waals surface area contributed by atoms with Gasteiger partial charge in [-0.15, -0.1) is 0 Å². The van der Waals surface area contributed by atoms with Crippen LogP contribution >= 0.6 is 0 Å². The number of hydrogen-bond acceptors (Lipinski definition) is 8. The third-order valence-electron chi connectivity index (χ3n) is 5.88. The van der Waals surface area contributed by atoms with Crippen LogP contribution in [0.3, 0.4) is 0 Å². The zero-order chi connectivity index (χ0) is 28.7. The first-order valence-electron chi connectivity index (χ1n) is 12.5. The van der Waals surface area contributed by atoms with E-state index in [2.05, 4.69) is 10.3 Å². The smallest absolute Gasteiger partial charge is 0.410 e. The Morgan fingerprint density at radius 1 is 1.08 bits per heavy atom. The van der Waals surface area contributed by atoms with E-state index in [1.165, 1.54) is 4.90 Å². The Morgan fingerprint density at radius 2 is 1.72 bits per heavy atom. The molecular weight excluding hydrogens is 500 g/mol. The molecule has 1 aliphatic rings. The summed E-state index contributed by atoms with van der Waals surface area (Å²) in [4.78, 5) is 45.1. The summed E-state index contributed by atoms with van der Waals surface area (Å²) in [6.07, 6.45) is -0.0762. The number of likely N-dealkylation sites (N-methyl/N-ethyl adjacent to an activating group) is 1. The summed E-state index contributed by atoms with van der Waals surface area (Å²) in [5.74, 6) is -0.550. The molecule has 0 aromatic heterocycles. The number of amides is 3. The second-order valence-corrected chi connectivity index (χ2v) is 10.00. The van der Waals surface area contributed by atoms with Crippen LogP contribution in [0.15, 0.2) is 64.8 Å². The van der Waals surface area contributed by atoms with Gasteiger partial charge in [0.15, 0.2) is 0 Å². The number of nitrogens with two attached hydrogens (primary N) is 2. The molecule has 11 heteroatoms. The molecule has 0 spiro atoms. The van der Waals surface area contributed by atoms with Crippen molar-refractivity contribution >= 4 is 40.7 Å². The Labute approximate surface area is 228 Å². The zero-order valence-corrected chi connectivity index (χ0v) is 23.0. The van der Waals surface area contributed by atoms with E-state index >= 15 is 0 Å². The number of rotatable bonds is 8. The van der Waals surface area contributed by atoms with E-state index in [-0.39, 0.29) is 17.5 Å². The highest BCUT2D eigenvalue weighted by Crippen LogP contribution is 2.27. The third kappa shape index (κ3) is 7.73. The Morgan fingerprint density at radius 3 is 2.28 bits per heavy atom. The molecule has 0 unspecified atom stereocenters. The number of hydrogen-bond donors (Lipinski definition) is 3. The van der Waals surface area contributed by atoms with Crippen molar-refractivity contribution in [2.45, 2.75) is 32.8 Å². The van der Waals surface area contributed by atoms with Crippen LogP contribution in [0.4, 0.5) is 21.9 Å². The molecule has 0 aliphatic carbocycles. The molecule has 11 nitrogen and oxygen atoms in total. The van der Waals surface area contributed by atoms with Crippen LogP contribution in [0.5, 0.6) is 5.75 Å². The van der Waals surface area contributed by atoms with Crippen molar-refractivity contribution in [2.24, 2.45) is 16.5 Å². The molecule has 208 valence electrons. The van der Waals surface area contributed by atoms with Gasteiger partial charge in [0, 0.05) is 43.6 Å². The van der Waals surface area contributed by atoms with E-state index in [1.54, 1.807) is 43.3 Å². The molecule has 1 aliphatic heterocycles. The fourth-order valence-corrected chi connectivity index (χ4v) is 3.82. The summed E-state index contributed by atoms with van der Waals surface area (Å²) < 4.78 is 10.5. The van der Waals surface area contributed by atoms with Gasteiger partial charge in [-0.05, 0) is 75.7 Å². The fourth-order valence-electron chi connectivity index (χ4n) is 3.82. The van der Waals surface area contributed by atoms with Gasteiger partial charge in [0.25, 0.3) is 11.8 Å². The van der Waals surface area contributed by atoms with E-state index in [1.807, 2.05) is 45.0 Å². The van der Waals surface area contributed by atoms with Gasteiger partial charge in [0.1, 0.15) is 22.8 Å². The number of aliphatic imine (C=N–C) groups is 1. The summed E-state index contributed by atoms with van der Waals surface area (Å²) in [5, 5.41) is 3.26. The van der Waals surface area contributed by atoms with E-state index in [0.29, 0.717) is 48.8 Å². The maximum absolute atomic E-state index is 13.5. The maximum Gasteiger partial charge on any atom is 0.410 e. The molecule has 2 aromatic rings. The number of benzene rings is 2. The van der Waals surface area contributed by atoms with Gasteiger partial charge >= 0.3 is 6.09 Å². The van der Waals surface area contributed by atoms with Crippen LogP contribution in [-0.4, -0.2) is 67.9 Å². The molecule has 1 heterocycles. The predicted molar refractivity (Wildman–Crippen MR) is 151 cm³/mol. The van der Waals surface area contributed by atoms with Crippen molar-refractivity contribution in [3.05, 3.63) is 59.8 Å². The number of piperidine rings is 1. The van der Waals surface area contributed by atoms with Gasteiger partial charge in [0.2, 0.25) is 0 Å². The fraction of sp³-hybridized carbons (Fsp3) is 0.357. The third-order valence-corrected chi connectivity index (χ3v) is 5.88. The Kier molecular flexibility index (Phi) is 9.18. The monoisotopic (exact) mass is 536 g/mol. The normalized spacial score (nSPS) is 16.1.